The van der Waals surface area contributed by atoms with E-state index in [1.807, 2.05) is 6.26 Å². The fourth-order valence-corrected chi connectivity index (χ4v) is 2.32. The normalized spacial score (nSPS) is 24.9. The molecule has 0 bridgehead atoms. The Morgan fingerprint density at radius 3 is 2.67 bits per heavy atom. The molecule has 1 unspecified atom stereocenters. The minimum atomic E-state index is -1.02. The van der Waals surface area contributed by atoms with Gasteiger partial charge >= 0.3 is 12.0 Å². The van der Waals surface area contributed by atoms with Crippen LogP contribution in [0.15, 0.2) is 0 Å². The van der Waals surface area contributed by atoms with E-state index in [0.29, 0.717) is 25.1 Å². The third-order valence-electron chi connectivity index (χ3n) is 2.95. The molecule has 0 aromatic heterocycles. The van der Waals surface area contributed by atoms with Gasteiger partial charge in [-0.15, -0.1) is 0 Å². The lowest BCUT2D eigenvalue weighted by molar-refractivity contribution is -0.139. The minimum Gasteiger partial charge on any atom is -0.480 e. The van der Waals surface area contributed by atoms with E-state index in [4.69, 9.17) is 5.11 Å². The quantitative estimate of drug-likeness (QED) is 0.674. The zero-order chi connectivity index (χ0) is 13.8. The van der Waals surface area contributed by atoms with Crippen molar-refractivity contribution in [2.75, 3.05) is 25.1 Å². The predicted molar refractivity (Wildman–Crippen MR) is 69.8 cm³/mol. The van der Waals surface area contributed by atoms with Gasteiger partial charge in [-0.05, 0) is 31.8 Å². The molecule has 1 fully saturated rings. The van der Waals surface area contributed by atoms with Crippen LogP contribution in [0.5, 0.6) is 0 Å². The average Bonchev–Trinajstić information content (AvgIpc) is 2.64. The first kappa shape index (κ1) is 15.1. The molecule has 0 aromatic carbocycles. The number of amides is 2. The van der Waals surface area contributed by atoms with Crippen LogP contribution in [0.4, 0.5) is 4.79 Å². The lowest BCUT2D eigenvalue weighted by atomic mass is 10.1. The standard InChI is InChI=1S/C11H20N2O4S/c1-11(17)4-5-13(7-11)10(16)12-8(9(14)15)3-6-18-2/h8,17H,3-7H2,1-2H3,(H,12,16)(H,14,15)/t8-,11?/m1/s1. The van der Waals surface area contributed by atoms with Gasteiger partial charge < -0.3 is 20.4 Å². The number of likely N-dealkylation sites (tertiary alicyclic amines) is 1. The van der Waals surface area contributed by atoms with E-state index in [0.717, 1.165) is 0 Å². The van der Waals surface area contributed by atoms with Crippen molar-refractivity contribution in [1.29, 1.82) is 0 Å². The summed E-state index contributed by atoms with van der Waals surface area (Å²) in [5.41, 5.74) is -0.866. The summed E-state index contributed by atoms with van der Waals surface area (Å²) in [5.74, 6) is -0.349. The molecule has 7 heteroatoms. The number of carbonyl (C=O) groups excluding carboxylic acids is 1. The number of aliphatic carboxylic acids is 1. The molecule has 1 rings (SSSR count). The second-order valence-electron chi connectivity index (χ2n) is 4.79. The molecule has 2 atom stereocenters. The predicted octanol–water partition coefficient (Wildman–Crippen LogP) is 0.359. The van der Waals surface area contributed by atoms with Gasteiger partial charge in [0.15, 0.2) is 0 Å². The highest BCUT2D eigenvalue weighted by atomic mass is 32.2. The highest BCUT2D eigenvalue weighted by molar-refractivity contribution is 7.98. The molecule has 1 aliphatic rings. The van der Waals surface area contributed by atoms with E-state index in [1.165, 1.54) is 16.7 Å². The highest BCUT2D eigenvalue weighted by Gasteiger charge is 2.35. The van der Waals surface area contributed by atoms with Crippen LogP contribution in [0.3, 0.4) is 0 Å². The maximum absolute atomic E-state index is 11.8. The number of hydrogen-bond acceptors (Lipinski definition) is 4. The number of hydrogen-bond donors (Lipinski definition) is 3. The van der Waals surface area contributed by atoms with Crippen molar-refractivity contribution in [3.8, 4) is 0 Å². The minimum absolute atomic E-state index is 0.244. The zero-order valence-electron chi connectivity index (χ0n) is 10.7. The maximum atomic E-state index is 11.8. The lowest BCUT2D eigenvalue weighted by Gasteiger charge is -2.22. The van der Waals surface area contributed by atoms with E-state index < -0.39 is 23.6 Å². The molecule has 3 N–H and O–H groups in total. The number of nitrogens with zero attached hydrogens (tertiary/aromatic N) is 1. The van der Waals surface area contributed by atoms with E-state index >= 15 is 0 Å². The number of thioether (sulfide) groups is 1. The van der Waals surface area contributed by atoms with Crippen molar-refractivity contribution in [3.63, 3.8) is 0 Å². The number of nitrogens with one attached hydrogen (secondary N) is 1. The molecule has 0 spiro atoms. The van der Waals surface area contributed by atoms with Crippen LogP contribution in [0, 0.1) is 0 Å². The number of urea groups is 1. The topological polar surface area (TPSA) is 89.9 Å². The smallest absolute Gasteiger partial charge is 0.326 e. The summed E-state index contributed by atoms with van der Waals surface area (Å²) in [7, 11) is 0. The van der Waals surface area contributed by atoms with Crippen LogP contribution < -0.4 is 5.32 Å². The Labute approximate surface area is 111 Å². The largest absolute Gasteiger partial charge is 0.480 e. The van der Waals surface area contributed by atoms with E-state index in [2.05, 4.69) is 5.32 Å². The van der Waals surface area contributed by atoms with Crippen molar-refractivity contribution >= 4 is 23.8 Å². The third kappa shape index (κ3) is 4.38. The summed E-state index contributed by atoms with van der Waals surface area (Å²) in [6, 6.07) is -1.28. The summed E-state index contributed by atoms with van der Waals surface area (Å²) in [6.45, 7) is 2.37. The Morgan fingerprint density at radius 2 is 2.22 bits per heavy atom. The number of carboxylic acids is 1. The zero-order valence-corrected chi connectivity index (χ0v) is 11.5. The summed E-state index contributed by atoms with van der Waals surface area (Å²) in [6.07, 6.45) is 2.80. The van der Waals surface area contributed by atoms with Crippen molar-refractivity contribution in [2.24, 2.45) is 0 Å². The molecule has 0 radical (unpaired) electrons. The van der Waals surface area contributed by atoms with Gasteiger partial charge in [-0.3, -0.25) is 0 Å². The van der Waals surface area contributed by atoms with Crippen LogP contribution in [-0.4, -0.2) is 63.9 Å². The molecule has 0 aliphatic carbocycles. The first-order valence-electron chi connectivity index (χ1n) is 5.85. The Bertz CT molecular complexity index is 322. The molecule has 1 aliphatic heterocycles. The number of carbonyl (C=O) groups is 2. The number of β-amino-alcohol motifs (C(OH)–C–C–N with tert-alkyl or cyclic N) is 1. The molecule has 2 amide bonds. The van der Waals surface area contributed by atoms with Crippen molar-refractivity contribution in [2.45, 2.75) is 31.4 Å². The Balaban J connectivity index is 2.49. The number of carboxylic acid groups (broad SMARTS) is 1. The first-order valence-corrected chi connectivity index (χ1v) is 7.24. The molecule has 0 saturated carbocycles. The average molecular weight is 276 g/mol. The van der Waals surface area contributed by atoms with Gasteiger partial charge in [0.1, 0.15) is 6.04 Å². The summed E-state index contributed by atoms with van der Waals surface area (Å²) < 4.78 is 0. The molecule has 18 heavy (non-hydrogen) atoms. The lowest BCUT2D eigenvalue weighted by Crippen LogP contribution is -2.48. The van der Waals surface area contributed by atoms with E-state index in [1.54, 1.807) is 6.92 Å². The van der Waals surface area contributed by atoms with Crippen LogP contribution >= 0.6 is 11.8 Å². The summed E-state index contributed by atoms with van der Waals surface area (Å²) in [4.78, 5) is 24.3. The van der Waals surface area contributed by atoms with Crippen molar-refractivity contribution < 1.29 is 19.8 Å². The Morgan fingerprint density at radius 1 is 1.56 bits per heavy atom. The van der Waals surface area contributed by atoms with Crippen LogP contribution in [-0.2, 0) is 4.79 Å². The Hall–Kier alpha value is -0.950. The fraction of sp³-hybridized carbons (Fsp3) is 0.818. The second kappa shape index (κ2) is 6.29. The maximum Gasteiger partial charge on any atom is 0.326 e. The number of aliphatic hydroxyl groups is 1. The van der Waals surface area contributed by atoms with Gasteiger partial charge in [0.2, 0.25) is 0 Å². The molecule has 6 nitrogen and oxygen atoms in total. The summed E-state index contributed by atoms with van der Waals surface area (Å²) >= 11 is 1.54. The van der Waals surface area contributed by atoms with Gasteiger partial charge in [0.25, 0.3) is 0 Å². The molecule has 104 valence electrons. The van der Waals surface area contributed by atoms with E-state index in [9.17, 15) is 14.7 Å². The number of rotatable bonds is 5. The van der Waals surface area contributed by atoms with Crippen molar-refractivity contribution in [1.82, 2.24) is 10.2 Å². The van der Waals surface area contributed by atoms with Crippen molar-refractivity contribution in [3.05, 3.63) is 0 Å². The summed E-state index contributed by atoms with van der Waals surface area (Å²) in [5, 5.41) is 21.3. The first-order chi connectivity index (χ1) is 8.35. The van der Waals surface area contributed by atoms with Gasteiger partial charge in [-0.1, -0.05) is 0 Å². The highest BCUT2D eigenvalue weighted by Crippen LogP contribution is 2.20. The van der Waals surface area contributed by atoms with Gasteiger partial charge in [-0.25, -0.2) is 9.59 Å². The van der Waals surface area contributed by atoms with Gasteiger partial charge in [0.05, 0.1) is 12.1 Å². The van der Waals surface area contributed by atoms with Crippen LogP contribution in [0.1, 0.15) is 19.8 Å². The Kier molecular flexibility index (Phi) is 5.28. The molecular formula is C11H20N2O4S. The van der Waals surface area contributed by atoms with Gasteiger partial charge in [-0.2, -0.15) is 11.8 Å². The van der Waals surface area contributed by atoms with Crippen LogP contribution in [0.25, 0.3) is 0 Å². The molecule has 0 aromatic rings. The second-order valence-corrected chi connectivity index (χ2v) is 5.78. The molecular weight excluding hydrogens is 256 g/mol. The molecule has 1 saturated heterocycles. The monoisotopic (exact) mass is 276 g/mol. The SMILES string of the molecule is CSCC[C@@H](NC(=O)N1CCC(C)(O)C1)C(=O)O. The third-order valence-corrected chi connectivity index (χ3v) is 3.59. The fourth-order valence-electron chi connectivity index (χ4n) is 1.85. The van der Waals surface area contributed by atoms with Crippen LogP contribution in [0.2, 0.25) is 0 Å². The molecule has 1 heterocycles. The van der Waals surface area contributed by atoms with E-state index in [-0.39, 0.29) is 6.54 Å². The van der Waals surface area contributed by atoms with Gasteiger partial charge in [0, 0.05) is 6.54 Å².